The van der Waals surface area contributed by atoms with Crippen LogP contribution in [-0.2, 0) is 4.84 Å². The molecule has 0 saturated carbocycles. The van der Waals surface area contributed by atoms with E-state index in [1.165, 1.54) is 17.7 Å². The fourth-order valence-corrected chi connectivity index (χ4v) is 7.03. The molecule has 272 valence electrons. The van der Waals surface area contributed by atoms with Crippen molar-refractivity contribution >= 4 is 17.2 Å². The Morgan fingerprint density at radius 3 is 2.04 bits per heavy atom. The van der Waals surface area contributed by atoms with Crippen molar-refractivity contribution in [3.8, 4) is 72.9 Å². The third-order valence-electron chi connectivity index (χ3n) is 8.83. The number of aryl methyl sites for hydroxylation is 1. The van der Waals surface area contributed by atoms with Crippen LogP contribution in [0.3, 0.4) is 0 Å². The second-order valence-electron chi connectivity index (χ2n) is 12.7. The van der Waals surface area contributed by atoms with Crippen LogP contribution in [0.15, 0.2) is 138 Å². The summed E-state index contributed by atoms with van der Waals surface area (Å²) in [6, 6.07) is 32.1. The van der Waals surface area contributed by atoms with Crippen LogP contribution in [0.4, 0.5) is 4.39 Å². The maximum atomic E-state index is 13.5. The summed E-state index contributed by atoms with van der Waals surface area (Å²) in [5, 5.41) is 2.13. The van der Waals surface area contributed by atoms with Crippen LogP contribution in [0.25, 0.3) is 67.1 Å². The first-order valence-corrected chi connectivity index (χ1v) is 18.4. The van der Waals surface area contributed by atoms with E-state index in [-0.39, 0.29) is 12.0 Å². The lowest BCUT2D eigenvalue weighted by Gasteiger charge is -2.08. The van der Waals surface area contributed by atoms with E-state index in [0.717, 1.165) is 72.6 Å². The molecule has 0 aliphatic carbocycles. The summed E-state index contributed by atoms with van der Waals surface area (Å²) in [5.41, 5.74) is 13.1. The van der Waals surface area contributed by atoms with Gasteiger partial charge in [0.25, 0.3) is 0 Å². The summed E-state index contributed by atoms with van der Waals surface area (Å²) < 4.78 is 19.0. The van der Waals surface area contributed by atoms with Crippen molar-refractivity contribution in [2.75, 3.05) is 7.11 Å². The number of hydrogen-bond acceptors (Lipinski definition) is 9. The van der Waals surface area contributed by atoms with E-state index < -0.39 is 0 Å². The van der Waals surface area contributed by atoms with Gasteiger partial charge < -0.3 is 14.7 Å². The number of aromatic nitrogens is 6. The topological polar surface area (TPSA) is 126 Å². The van der Waals surface area contributed by atoms with Crippen molar-refractivity contribution in [2.24, 2.45) is 4.99 Å². The zero-order valence-corrected chi connectivity index (χ0v) is 30.9. The Morgan fingerprint density at radius 2 is 1.35 bits per heavy atom. The second kappa shape index (κ2) is 15.7. The predicted molar refractivity (Wildman–Crippen MR) is 215 cm³/mol. The molecular formula is C43H35FN8O2S. The molecule has 9 rings (SSSR count). The van der Waals surface area contributed by atoms with E-state index >= 15 is 0 Å². The summed E-state index contributed by atoms with van der Waals surface area (Å²) in [7, 11) is 1.69. The number of aromatic amines is 2. The number of pyridine rings is 2. The molecule has 55 heavy (non-hydrogen) atoms. The molecule has 0 fully saturated rings. The van der Waals surface area contributed by atoms with Gasteiger partial charge in [-0.1, -0.05) is 30.3 Å². The number of benzene rings is 3. The smallest absolute Gasteiger partial charge is 0.174 e. The summed E-state index contributed by atoms with van der Waals surface area (Å²) in [6.45, 7) is 3.96. The molecule has 1 aliphatic rings. The maximum Gasteiger partial charge on any atom is 0.174 e. The number of halogens is 1. The Hall–Kier alpha value is -6.76. The normalized spacial score (nSPS) is 13.5. The summed E-state index contributed by atoms with van der Waals surface area (Å²) in [5.74, 6) is 2.79. The van der Waals surface area contributed by atoms with Crippen LogP contribution in [0.2, 0.25) is 0 Å². The van der Waals surface area contributed by atoms with Gasteiger partial charge in [0.1, 0.15) is 23.2 Å². The highest BCUT2D eigenvalue weighted by molar-refractivity contribution is 7.13. The molecule has 1 unspecified atom stereocenters. The van der Waals surface area contributed by atoms with Gasteiger partial charge in [-0.2, -0.15) is 0 Å². The van der Waals surface area contributed by atoms with E-state index in [0.29, 0.717) is 11.7 Å². The SMILES string of the molecule is CC1N=C(c2cccc(-c3nc(-c4ccc(F)cc4)c(-c4ccncc4)[nH]3)c2)NO1.COc1ccccc1-c1[nH]c(-c2cc(C)cs2)nc1-c1ccncc1. The molecule has 3 N–H and O–H groups in total. The van der Waals surface area contributed by atoms with Gasteiger partial charge in [0.2, 0.25) is 0 Å². The first kappa shape index (κ1) is 35.3. The molecule has 8 aromatic rings. The summed E-state index contributed by atoms with van der Waals surface area (Å²) in [6.07, 6.45) is 6.80. The number of nitrogens with one attached hydrogen (secondary N) is 3. The van der Waals surface area contributed by atoms with Crippen LogP contribution in [0, 0.1) is 12.7 Å². The highest BCUT2D eigenvalue weighted by Gasteiger charge is 2.20. The van der Waals surface area contributed by atoms with Crippen molar-refractivity contribution in [3.63, 3.8) is 0 Å². The number of aliphatic imine (C=N–C) groups is 1. The van der Waals surface area contributed by atoms with Crippen LogP contribution < -0.4 is 10.2 Å². The van der Waals surface area contributed by atoms with Gasteiger partial charge in [-0.25, -0.2) is 29.7 Å². The van der Waals surface area contributed by atoms with Gasteiger partial charge in [-0.3, -0.25) is 9.97 Å². The fourth-order valence-electron chi connectivity index (χ4n) is 6.19. The maximum absolute atomic E-state index is 13.5. The predicted octanol–water partition coefficient (Wildman–Crippen LogP) is 9.76. The standard InChI is InChI=1S/C23H18FN5O.C20H17N3OS/c1-14-26-23(29-30-14)18-4-2-3-17(13-18)22-27-20(15-5-7-19(24)8-6-15)21(28-22)16-9-11-25-12-10-16;1-13-11-17(25-12-13)20-22-18(14-7-9-21-10-8-14)19(23-20)15-5-3-4-6-16(15)24-2/h2-14H,1H3,(H,26,29)(H,27,28);3-12H,1-2H3,(H,22,23). The molecule has 10 nitrogen and oxygen atoms in total. The number of para-hydroxylation sites is 1. The first-order valence-electron chi connectivity index (χ1n) is 17.5. The van der Waals surface area contributed by atoms with Gasteiger partial charge in [0.05, 0.1) is 34.8 Å². The summed E-state index contributed by atoms with van der Waals surface area (Å²) in [4.78, 5) is 35.7. The van der Waals surface area contributed by atoms with E-state index in [1.54, 1.807) is 55.4 Å². The Balaban J connectivity index is 0.000000158. The van der Waals surface area contributed by atoms with Gasteiger partial charge in [0.15, 0.2) is 12.1 Å². The molecule has 3 aromatic carbocycles. The van der Waals surface area contributed by atoms with Gasteiger partial charge in [-0.15, -0.1) is 11.3 Å². The number of ether oxygens (including phenoxy) is 1. The zero-order chi connectivity index (χ0) is 37.7. The number of rotatable bonds is 8. The molecule has 6 heterocycles. The Morgan fingerprint density at radius 1 is 0.691 bits per heavy atom. The number of thiophene rings is 1. The third-order valence-corrected chi connectivity index (χ3v) is 9.89. The molecule has 0 saturated heterocycles. The van der Waals surface area contributed by atoms with Crippen LogP contribution >= 0.6 is 11.3 Å². The van der Waals surface area contributed by atoms with Crippen molar-refractivity contribution in [1.82, 2.24) is 35.4 Å². The quantitative estimate of drug-likeness (QED) is 0.141. The van der Waals surface area contributed by atoms with Crippen molar-refractivity contribution in [3.05, 3.63) is 150 Å². The number of hydroxylamine groups is 1. The molecule has 0 radical (unpaired) electrons. The Labute approximate surface area is 320 Å². The van der Waals surface area contributed by atoms with Crippen molar-refractivity contribution in [2.45, 2.75) is 20.1 Å². The summed E-state index contributed by atoms with van der Waals surface area (Å²) >= 11 is 1.69. The van der Waals surface area contributed by atoms with Gasteiger partial charge in [-0.05, 0) is 97.6 Å². The molecule has 1 aliphatic heterocycles. The lowest BCUT2D eigenvalue weighted by molar-refractivity contribution is 0.0504. The number of imidazole rings is 2. The minimum Gasteiger partial charge on any atom is -0.496 e. The molecule has 0 amide bonds. The largest absolute Gasteiger partial charge is 0.496 e. The Bertz CT molecular complexity index is 2580. The second-order valence-corrected chi connectivity index (χ2v) is 13.6. The molecule has 12 heteroatoms. The first-order chi connectivity index (χ1) is 26.9. The van der Waals surface area contributed by atoms with Crippen LogP contribution in [0.1, 0.15) is 18.1 Å². The van der Waals surface area contributed by atoms with E-state index in [9.17, 15) is 4.39 Å². The van der Waals surface area contributed by atoms with Crippen molar-refractivity contribution < 1.29 is 14.0 Å². The third kappa shape index (κ3) is 7.67. The molecule has 0 bridgehead atoms. The van der Waals surface area contributed by atoms with Crippen molar-refractivity contribution in [1.29, 1.82) is 0 Å². The minimum absolute atomic E-state index is 0.226. The highest BCUT2D eigenvalue weighted by Crippen LogP contribution is 2.38. The number of methoxy groups -OCH3 is 1. The fraction of sp³-hybridized carbons (Fsp3) is 0.0930. The molecule has 1 atom stereocenters. The number of hydrogen-bond donors (Lipinski definition) is 3. The van der Waals surface area contributed by atoms with E-state index in [4.69, 9.17) is 19.5 Å². The zero-order valence-electron chi connectivity index (χ0n) is 30.1. The van der Waals surface area contributed by atoms with E-state index in [2.05, 4.69) is 48.8 Å². The average Bonchev–Trinajstić information content (AvgIpc) is 4.06. The van der Waals surface area contributed by atoms with Gasteiger partial charge >= 0.3 is 0 Å². The number of nitrogens with zero attached hydrogens (tertiary/aromatic N) is 5. The lowest BCUT2D eigenvalue weighted by atomic mass is 10.1. The van der Waals surface area contributed by atoms with Crippen LogP contribution in [-0.4, -0.2) is 49.1 Å². The van der Waals surface area contributed by atoms with Crippen LogP contribution in [0.5, 0.6) is 5.75 Å². The highest BCUT2D eigenvalue weighted by atomic mass is 32.1. The minimum atomic E-state index is -0.283. The molecule has 5 aromatic heterocycles. The average molecular weight is 747 g/mol. The Kier molecular flexibility index (Phi) is 10.1. The van der Waals surface area contributed by atoms with Gasteiger partial charge in [0, 0.05) is 58.2 Å². The molecular weight excluding hydrogens is 712 g/mol. The number of H-pyrrole nitrogens is 2. The van der Waals surface area contributed by atoms with E-state index in [1.807, 2.05) is 79.7 Å². The number of amidine groups is 1. The molecule has 0 spiro atoms. The monoisotopic (exact) mass is 746 g/mol. The lowest BCUT2D eigenvalue weighted by Crippen LogP contribution is -2.18.